The van der Waals surface area contributed by atoms with Gasteiger partial charge in [-0.3, -0.25) is 0 Å². The molecule has 216 valence electrons. The highest BCUT2D eigenvalue weighted by Gasteiger charge is 2.43. The van der Waals surface area contributed by atoms with Gasteiger partial charge < -0.3 is 19.1 Å². The number of methoxy groups -OCH3 is 1. The van der Waals surface area contributed by atoms with E-state index in [1.807, 2.05) is 7.05 Å². The zero-order valence-corrected chi connectivity index (χ0v) is 21.7. The van der Waals surface area contributed by atoms with Crippen molar-refractivity contribution in [1.82, 2.24) is 4.90 Å². The molecule has 2 aliphatic rings. The van der Waals surface area contributed by atoms with Gasteiger partial charge in [0.25, 0.3) is 0 Å². The molecule has 2 aliphatic heterocycles. The van der Waals surface area contributed by atoms with Crippen molar-refractivity contribution < 1.29 is 44.9 Å². The minimum atomic E-state index is -4.92. The van der Waals surface area contributed by atoms with Crippen molar-refractivity contribution in [2.45, 2.75) is 62.4 Å². The summed E-state index contributed by atoms with van der Waals surface area (Å²) in [6.07, 6.45) is -8.35. The summed E-state index contributed by atoms with van der Waals surface area (Å²) in [7, 11) is 3.72. The first-order valence-electron chi connectivity index (χ1n) is 12.9. The molecule has 5 atom stereocenters. The lowest BCUT2D eigenvalue weighted by Crippen LogP contribution is -2.52. The van der Waals surface area contributed by atoms with Crippen LogP contribution in [0.15, 0.2) is 42.5 Å². The first-order chi connectivity index (χ1) is 18.4. The van der Waals surface area contributed by atoms with Crippen molar-refractivity contribution in [2.24, 2.45) is 5.92 Å². The van der Waals surface area contributed by atoms with Crippen LogP contribution in [0.3, 0.4) is 0 Å². The van der Waals surface area contributed by atoms with Gasteiger partial charge in [-0.1, -0.05) is 12.1 Å². The van der Waals surface area contributed by atoms with Crippen LogP contribution in [0.2, 0.25) is 0 Å². The molecule has 0 amide bonds. The molecule has 11 heteroatoms. The number of alkyl halides is 6. The van der Waals surface area contributed by atoms with Gasteiger partial charge in [0.2, 0.25) is 0 Å². The highest BCUT2D eigenvalue weighted by molar-refractivity contribution is 5.34. The maximum absolute atomic E-state index is 13.7. The molecule has 3 unspecified atom stereocenters. The average Bonchev–Trinajstić information content (AvgIpc) is 2.88. The molecular weight excluding hydrogens is 531 g/mol. The predicted molar refractivity (Wildman–Crippen MR) is 130 cm³/mol. The number of ether oxygens (including phenoxy) is 3. The van der Waals surface area contributed by atoms with E-state index in [0.717, 1.165) is 24.9 Å². The topological polar surface area (TPSA) is 30.9 Å². The van der Waals surface area contributed by atoms with Gasteiger partial charge in [-0.25, -0.2) is 4.39 Å². The third kappa shape index (κ3) is 7.31. The number of piperidine rings is 1. The highest BCUT2D eigenvalue weighted by atomic mass is 19.4. The maximum Gasteiger partial charge on any atom is 0.416 e. The molecule has 2 aromatic carbocycles. The van der Waals surface area contributed by atoms with Gasteiger partial charge in [-0.15, -0.1) is 0 Å². The fraction of sp³-hybridized carbons (Fsp3) is 0.571. The van der Waals surface area contributed by atoms with Crippen molar-refractivity contribution >= 4 is 0 Å². The molecule has 0 N–H and O–H groups in total. The fourth-order valence-corrected chi connectivity index (χ4v) is 5.73. The lowest BCUT2D eigenvalue weighted by atomic mass is 9.74. The Labute approximate surface area is 223 Å². The van der Waals surface area contributed by atoms with Gasteiger partial charge in [0.15, 0.2) is 6.29 Å². The predicted octanol–water partition coefficient (Wildman–Crippen LogP) is 6.68. The van der Waals surface area contributed by atoms with Crippen LogP contribution >= 0.6 is 0 Å². The number of rotatable bonds is 7. The van der Waals surface area contributed by atoms with Crippen molar-refractivity contribution in [3.63, 3.8) is 0 Å². The second-order valence-corrected chi connectivity index (χ2v) is 10.2. The van der Waals surface area contributed by atoms with Gasteiger partial charge in [-0.2, -0.15) is 26.3 Å². The Morgan fingerprint density at radius 3 is 2.18 bits per heavy atom. The monoisotopic (exact) mass is 563 g/mol. The van der Waals surface area contributed by atoms with Crippen molar-refractivity contribution in [3.8, 4) is 0 Å². The zero-order chi connectivity index (χ0) is 28.4. The van der Waals surface area contributed by atoms with Crippen LogP contribution < -0.4 is 0 Å². The largest absolute Gasteiger partial charge is 0.416 e. The number of likely N-dealkylation sites (tertiary alicyclic amines) is 1. The van der Waals surface area contributed by atoms with E-state index < -0.39 is 35.6 Å². The van der Waals surface area contributed by atoms with Crippen LogP contribution in [0.5, 0.6) is 0 Å². The summed E-state index contributed by atoms with van der Waals surface area (Å²) < 4.78 is 111. The summed E-state index contributed by atoms with van der Waals surface area (Å²) in [5, 5.41) is 0. The maximum atomic E-state index is 13.7. The molecule has 0 bridgehead atoms. The molecule has 2 saturated heterocycles. The lowest BCUT2D eigenvalue weighted by Gasteiger charge is -2.47. The summed E-state index contributed by atoms with van der Waals surface area (Å²) in [4.78, 5) is 2.26. The molecule has 2 heterocycles. The van der Waals surface area contributed by atoms with Gasteiger partial charge >= 0.3 is 12.4 Å². The fourth-order valence-electron chi connectivity index (χ4n) is 5.73. The smallest absolute Gasteiger partial charge is 0.381 e. The van der Waals surface area contributed by atoms with Gasteiger partial charge in [0.1, 0.15) is 5.82 Å². The van der Waals surface area contributed by atoms with E-state index in [-0.39, 0.29) is 48.6 Å². The summed E-state index contributed by atoms with van der Waals surface area (Å²) in [6.45, 7) is 1.05. The Bertz CT molecular complexity index is 1060. The Morgan fingerprint density at radius 1 is 0.949 bits per heavy atom. The second kappa shape index (κ2) is 12.1. The van der Waals surface area contributed by atoms with Crippen molar-refractivity contribution in [1.29, 1.82) is 0 Å². The Hall–Kier alpha value is -2.21. The van der Waals surface area contributed by atoms with E-state index in [1.165, 1.54) is 12.1 Å². The number of hydrogen-bond donors (Lipinski definition) is 0. The standard InChI is InChI=1S/C28H32F7NO3/c1-36-10-7-22(37-2)16-24(36)23-9-12-39-26(25(23)18-3-5-21(29)6-4-18)38-11-8-17-13-19(27(30,31)32)15-20(14-17)28(33,34)35/h3-6,13-15,22-26H,7-12,16H2,1-2H3/t22?,23?,24?,25-,26+/m0/s1. The summed E-state index contributed by atoms with van der Waals surface area (Å²) in [5.74, 6) is -0.680. The molecule has 0 spiro atoms. The van der Waals surface area contributed by atoms with Gasteiger partial charge in [-0.05, 0) is 80.1 Å². The zero-order valence-electron chi connectivity index (χ0n) is 21.7. The molecule has 39 heavy (non-hydrogen) atoms. The van der Waals surface area contributed by atoms with Gasteiger partial charge in [0.05, 0.1) is 30.4 Å². The van der Waals surface area contributed by atoms with Crippen LogP contribution in [0, 0.1) is 11.7 Å². The van der Waals surface area contributed by atoms with Crippen LogP contribution in [-0.2, 0) is 33.0 Å². The van der Waals surface area contributed by atoms with Crippen LogP contribution in [0.1, 0.15) is 47.4 Å². The van der Waals surface area contributed by atoms with Crippen molar-refractivity contribution in [3.05, 3.63) is 70.5 Å². The molecule has 4 nitrogen and oxygen atoms in total. The quantitative estimate of drug-likeness (QED) is 0.352. The third-order valence-electron chi connectivity index (χ3n) is 7.76. The van der Waals surface area contributed by atoms with E-state index in [4.69, 9.17) is 14.2 Å². The van der Waals surface area contributed by atoms with Crippen molar-refractivity contribution in [2.75, 3.05) is 33.9 Å². The van der Waals surface area contributed by atoms with Gasteiger partial charge in [0, 0.05) is 25.6 Å². The molecule has 0 aromatic heterocycles. The van der Waals surface area contributed by atoms with E-state index in [2.05, 4.69) is 4.90 Å². The first-order valence-corrected chi connectivity index (χ1v) is 12.9. The number of hydrogen-bond acceptors (Lipinski definition) is 4. The molecule has 0 saturated carbocycles. The molecular formula is C28H32F7NO3. The van der Waals surface area contributed by atoms with E-state index in [0.29, 0.717) is 25.2 Å². The van der Waals surface area contributed by atoms with E-state index >= 15 is 0 Å². The molecule has 0 aliphatic carbocycles. The number of benzene rings is 2. The SMILES string of the molecule is COC1CCN(C)C(C2CCO[C@@H](OCCc3cc(C(F)(F)F)cc(C(F)(F)F)c3)[C@H]2c2ccc(F)cc2)C1. The molecule has 4 rings (SSSR count). The summed E-state index contributed by atoms with van der Waals surface area (Å²) in [5.41, 5.74) is -2.08. The van der Waals surface area contributed by atoms with E-state index in [9.17, 15) is 30.7 Å². The lowest BCUT2D eigenvalue weighted by molar-refractivity contribution is -0.196. The van der Waals surface area contributed by atoms with Crippen LogP contribution in [0.4, 0.5) is 30.7 Å². The third-order valence-corrected chi connectivity index (χ3v) is 7.76. The minimum Gasteiger partial charge on any atom is -0.381 e. The summed E-state index contributed by atoms with van der Waals surface area (Å²) >= 11 is 0. The number of nitrogens with zero attached hydrogens (tertiary/aromatic N) is 1. The average molecular weight is 564 g/mol. The Kier molecular flexibility index (Phi) is 9.25. The highest BCUT2D eigenvalue weighted by Crippen LogP contribution is 2.42. The van der Waals surface area contributed by atoms with Crippen LogP contribution in [-0.4, -0.2) is 57.3 Å². The van der Waals surface area contributed by atoms with Crippen LogP contribution in [0.25, 0.3) is 0 Å². The first kappa shape index (κ1) is 29.8. The molecule has 2 aromatic rings. The molecule has 2 fully saturated rings. The molecule has 0 radical (unpaired) electrons. The second-order valence-electron chi connectivity index (χ2n) is 10.2. The summed E-state index contributed by atoms with van der Waals surface area (Å²) in [6, 6.07) is 7.67. The normalized spacial score (nSPS) is 27.1. The minimum absolute atomic E-state index is 0.0440. The van der Waals surface area contributed by atoms with E-state index in [1.54, 1.807) is 19.2 Å². The Balaban J connectivity index is 1.56. The number of halogens is 7. The Morgan fingerprint density at radius 2 is 1.59 bits per heavy atom.